The number of amides is 1. The number of carbonyl (C=O) groups excluding carboxylic acids is 2. The van der Waals surface area contributed by atoms with Crippen molar-refractivity contribution in [2.24, 2.45) is 7.05 Å². The number of nitrogens with one attached hydrogen (secondary N) is 1. The van der Waals surface area contributed by atoms with Gasteiger partial charge in [0.05, 0.1) is 6.04 Å². The molecule has 3 aromatic rings. The summed E-state index contributed by atoms with van der Waals surface area (Å²) >= 11 is 12.1. The van der Waals surface area contributed by atoms with Gasteiger partial charge in [0, 0.05) is 17.1 Å². The zero-order valence-electron chi connectivity index (χ0n) is 16.7. The summed E-state index contributed by atoms with van der Waals surface area (Å²) in [7, 11) is 1.51. The normalized spacial score (nSPS) is 13.1. The van der Waals surface area contributed by atoms with Gasteiger partial charge in [-0.2, -0.15) is 0 Å². The van der Waals surface area contributed by atoms with E-state index in [0.29, 0.717) is 15.6 Å². The number of nitrogens with zero attached hydrogens (tertiary/aromatic N) is 2. The van der Waals surface area contributed by atoms with Crippen LogP contribution in [0.2, 0.25) is 10.0 Å². The average molecular weight is 452 g/mol. The van der Waals surface area contributed by atoms with E-state index in [9.17, 15) is 14.4 Å². The number of esters is 1. The Morgan fingerprint density at radius 2 is 1.97 bits per heavy atom. The van der Waals surface area contributed by atoms with Crippen LogP contribution in [0, 0.1) is 6.92 Å². The standard InChI is InChI=1S/C20H19Cl2N3O5/c1-9(13-6-5-12(21)7-14(13)22)24-17(26)11(3)30-20(28)15-10(2)29-18-16(15)19(27)25(4)8-23-18/h5-9,11H,1-4H3,(H,24,26). The smallest absolute Gasteiger partial charge is 0.343 e. The average Bonchev–Trinajstić information content (AvgIpc) is 3.01. The fraction of sp³-hybridized carbons (Fsp3) is 0.300. The number of rotatable bonds is 5. The van der Waals surface area contributed by atoms with E-state index < -0.39 is 29.6 Å². The fourth-order valence-electron chi connectivity index (χ4n) is 2.97. The molecule has 2 atom stereocenters. The molecule has 3 rings (SSSR count). The molecule has 0 aliphatic rings. The number of hydrogen-bond donors (Lipinski definition) is 1. The lowest BCUT2D eigenvalue weighted by molar-refractivity contribution is -0.129. The number of furan rings is 1. The lowest BCUT2D eigenvalue weighted by atomic mass is 10.1. The van der Waals surface area contributed by atoms with Gasteiger partial charge in [-0.3, -0.25) is 9.59 Å². The Morgan fingerprint density at radius 1 is 1.27 bits per heavy atom. The van der Waals surface area contributed by atoms with Crippen molar-refractivity contribution >= 4 is 46.2 Å². The Balaban J connectivity index is 1.76. The summed E-state index contributed by atoms with van der Waals surface area (Å²) in [6, 6.07) is 4.49. The van der Waals surface area contributed by atoms with Gasteiger partial charge in [0.2, 0.25) is 5.71 Å². The van der Waals surface area contributed by atoms with Crippen LogP contribution in [-0.4, -0.2) is 27.5 Å². The van der Waals surface area contributed by atoms with E-state index in [0.717, 1.165) is 0 Å². The van der Waals surface area contributed by atoms with E-state index >= 15 is 0 Å². The van der Waals surface area contributed by atoms with Crippen molar-refractivity contribution in [2.45, 2.75) is 32.9 Å². The second-order valence-electron chi connectivity index (χ2n) is 6.82. The zero-order valence-corrected chi connectivity index (χ0v) is 18.2. The van der Waals surface area contributed by atoms with Crippen LogP contribution < -0.4 is 10.9 Å². The molecule has 0 saturated carbocycles. The number of hydrogen-bond acceptors (Lipinski definition) is 6. The van der Waals surface area contributed by atoms with Gasteiger partial charge in [0.25, 0.3) is 11.5 Å². The molecule has 2 heterocycles. The van der Waals surface area contributed by atoms with Crippen LogP contribution in [-0.2, 0) is 16.6 Å². The van der Waals surface area contributed by atoms with Gasteiger partial charge < -0.3 is 19.0 Å². The first kappa shape index (κ1) is 21.9. The van der Waals surface area contributed by atoms with Crippen LogP contribution in [0.3, 0.4) is 0 Å². The Morgan fingerprint density at radius 3 is 2.63 bits per heavy atom. The number of fused-ring (bicyclic) bond motifs is 1. The molecule has 1 aromatic carbocycles. The summed E-state index contributed by atoms with van der Waals surface area (Å²) in [6.45, 7) is 4.69. The van der Waals surface area contributed by atoms with Crippen LogP contribution >= 0.6 is 23.2 Å². The van der Waals surface area contributed by atoms with Crippen molar-refractivity contribution in [3.8, 4) is 0 Å². The Labute approximate surface area is 181 Å². The molecule has 0 aliphatic heterocycles. The number of benzene rings is 1. The molecule has 0 aliphatic carbocycles. The van der Waals surface area contributed by atoms with Crippen LogP contribution in [0.15, 0.2) is 33.7 Å². The molecule has 30 heavy (non-hydrogen) atoms. The lowest BCUT2D eigenvalue weighted by Crippen LogP contribution is -2.37. The molecule has 0 bridgehead atoms. The lowest BCUT2D eigenvalue weighted by Gasteiger charge is -2.19. The third kappa shape index (κ3) is 4.20. The van der Waals surface area contributed by atoms with Crippen molar-refractivity contribution in [3.63, 3.8) is 0 Å². The van der Waals surface area contributed by atoms with Crippen LogP contribution in [0.4, 0.5) is 0 Å². The van der Waals surface area contributed by atoms with E-state index in [1.807, 2.05) is 0 Å². The maximum absolute atomic E-state index is 12.7. The van der Waals surface area contributed by atoms with Gasteiger partial charge in [-0.05, 0) is 38.5 Å². The summed E-state index contributed by atoms with van der Waals surface area (Å²) in [6.07, 6.45) is 0.165. The SMILES string of the molecule is Cc1oc2ncn(C)c(=O)c2c1C(=O)OC(C)C(=O)NC(C)c1ccc(Cl)cc1Cl. The highest BCUT2D eigenvalue weighted by molar-refractivity contribution is 6.35. The largest absolute Gasteiger partial charge is 0.449 e. The quantitative estimate of drug-likeness (QED) is 0.594. The summed E-state index contributed by atoms with van der Waals surface area (Å²) in [5.74, 6) is -1.20. The van der Waals surface area contributed by atoms with Crippen LogP contribution in [0.5, 0.6) is 0 Å². The van der Waals surface area contributed by atoms with Crippen molar-refractivity contribution < 1.29 is 18.7 Å². The Hall–Kier alpha value is -2.84. The van der Waals surface area contributed by atoms with Crippen molar-refractivity contribution in [2.75, 3.05) is 0 Å². The minimum atomic E-state index is -1.13. The third-order valence-corrected chi connectivity index (χ3v) is 5.16. The first-order valence-electron chi connectivity index (χ1n) is 9.01. The second kappa shape index (κ2) is 8.49. The van der Waals surface area contributed by atoms with Crippen LogP contribution in [0.1, 0.15) is 41.6 Å². The highest BCUT2D eigenvalue weighted by atomic mass is 35.5. The molecule has 0 fully saturated rings. The molecule has 0 saturated heterocycles. The molecule has 2 unspecified atom stereocenters. The second-order valence-corrected chi connectivity index (χ2v) is 7.66. The summed E-state index contributed by atoms with van der Waals surface area (Å²) in [5, 5.41) is 3.63. The van der Waals surface area contributed by atoms with Gasteiger partial charge in [-0.15, -0.1) is 0 Å². The molecule has 1 amide bonds. The number of carbonyl (C=O) groups is 2. The van der Waals surface area contributed by atoms with Gasteiger partial charge in [-0.1, -0.05) is 29.3 Å². The van der Waals surface area contributed by atoms with Crippen molar-refractivity contribution in [3.05, 3.63) is 61.8 Å². The highest BCUT2D eigenvalue weighted by Crippen LogP contribution is 2.26. The number of aryl methyl sites for hydroxylation is 2. The molecule has 1 N–H and O–H groups in total. The Bertz CT molecular complexity index is 1200. The van der Waals surface area contributed by atoms with Crippen molar-refractivity contribution in [1.29, 1.82) is 0 Å². The summed E-state index contributed by atoms with van der Waals surface area (Å²) in [5.41, 5.74) is 0.198. The predicted octanol–water partition coefficient (Wildman–Crippen LogP) is 3.56. The maximum atomic E-state index is 12.7. The number of halogens is 2. The highest BCUT2D eigenvalue weighted by Gasteiger charge is 2.27. The molecular formula is C20H19Cl2N3O5. The molecule has 10 heteroatoms. The maximum Gasteiger partial charge on any atom is 0.343 e. The number of ether oxygens (including phenoxy) is 1. The first-order valence-corrected chi connectivity index (χ1v) is 9.76. The summed E-state index contributed by atoms with van der Waals surface area (Å²) < 4.78 is 11.9. The van der Waals surface area contributed by atoms with Crippen LogP contribution in [0.25, 0.3) is 11.1 Å². The topological polar surface area (TPSA) is 103 Å². The van der Waals surface area contributed by atoms with E-state index in [1.54, 1.807) is 25.1 Å². The Kier molecular flexibility index (Phi) is 6.19. The molecule has 2 aromatic heterocycles. The molecule has 8 nitrogen and oxygen atoms in total. The predicted molar refractivity (Wildman–Crippen MR) is 112 cm³/mol. The molecule has 0 radical (unpaired) electrons. The number of aromatic nitrogens is 2. The van der Waals surface area contributed by atoms with E-state index in [1.165, 1.54) is 31.8 Å². The van der Waals surface area contributed by atoms with E-state index in [4.69, 9.17) is 32.4 Å². The minimum absolute atomic E-state index is 0.0106. The van der Waals surface area contributed by atoms with Gasteiger partial charge in [0.15, 0.2) is 6.10 Å². The van der Waals surface area contributed by atoms with Crippen molar-refractivity contribution in [1.82, 2.24) is 14.9 Å². The fourth-order valence-corrected chi connectivity index (χ4v) is 3.54. The molecule has 0 spiro atoms. The minimum Gasteiger partial charge on any atom is -0.449 e. The zero-order chi connectivity index (χ0) is 22.2. The van der Waals surface area contributed by atoms with Gasteiger partial charge in [-0.25, -0.2) is 9.78 Å². The van der Waals surface area contributed by atoms with Gasteiger partial charge in [0.1, 0.15) is 23.0 Å². The third-order valence-electron chi connectivity index (χ3n) is 4.59. The van der Waals surface area contributed by atoms with E-state index in [2.05, 4.69) is 10.3 Å². The molecule has 158 valence electrons. The molecular weight excluding hydrogens is 433 g/mol. The summed E-state index contributed by atoms with van der Waals surface area (Å²) in [4.78, 5) is 41.6. The van der Waals surface area contributed by atoms with Gasteiger partial charge >= 0.3 is 5.97 Å². The first-order chi connectivity index (χ1) is 14.1. The van der Waals surface area contributed by atoms with E-state index in [-0.39, 0.29) is 22.4 Å². The monoisotopic (exact) mass is 451 g/mol.